The Labute approximate surface area is 201 Å². The molecule has 6 nitrogen and oxygen atoms in total. The van der Waals surface area contributed by atoms with E-state index in [1.165, 1.54) is 12.1 Å². The van der Waals surface area contributed by atoms with Gasteiger partial charge in [0, 0.05) is 23.6 Å². The first-order valence-electron chi connectivity index (χ1n) is 10.8. The van der Waals surface area contributed by atoms with E-state index < -0.39 is 24.7 Å². The largest absolute Gasteiger partial charge is 0.482 e. The van der Waals surface area contributed by atoms with Gasteiger partial charge in [-0.05, 0) is 53.4 Å². The molecule has 0 saturated carbocycles. The van der Waals surface area contributed by atoms with Crippen LogP contribution in [0.2, 0.25) is 5.02 Å². The minimum atomic E-state index is -1.14. The van der Waals surface area contributed by atoms with Gasteiger partial charge in [-0.3, -0.25) is 4.90 Å². The Bertz CT molecular complexity index is 1190. The number of hydrogen-bond acceptors (Lipinski definition) is 4. The summed E-state index contributed by atoms with van der Waals surface area (Å²) in [6, 6.07) is 18.2. The van der Waals surface area contributed by atoms with Gasteiger partial charge in [-0.2, -0.15) is 0 Å². The molecule has 1 N–H and O–H groups in total. The van der Waals surface area contributed by atoms with Crippen molar-refractivity contribution in [2.75, 3.05) is 19.8 Å². The number of ether oxygens (including phenoxy) is 2. The fourth-order valence-electron chi connectivity index (χ4n) is 4.12. The number of benzene rings is 3. The molecule has 1 heterocycles. The third-order valence-electron chi connectivity index (χ3n) is 5.64. The maximum absolute atomic E-state index is 13.9. The number of hydrogen-bond donors (Lipinski definition) is 1. The molecule has 34 heavy (non-hydrogen) atoms. The molecule has 1 unspecified atom stereocenters. The fraction of sp³-hybridized carbons (Fsp3) is 0.231. The van der Waals surface area contributed by atoms with Gasteiger partial charge >= 0.3 is 12.1 Å². The summed E-state index contributed by atoms with van der Waals surface area (Å²) >= 11 is 6.26. The van der Waals surface area contributed by atoms with E-state index in [4.69, 9.17) is 26.2 Å². The molecule has 0 spiro atoms. The van der Waals surface area contributed by atoms with Crippen LogP contribution in [-0.4, -0.2) is 41.8 Å². The number of rotatable bonds is 7. The first-order chi connectivity index (χ1) is 16.4. The summed E-state index contributed by atoms with van der Waals surface area (Å²) in [4.78, 5) is 25.8. The zero-order valence-corrected chi connectivity index (χ0v) is 19.0. The van der Waals surface area contributed by atoms with Crippen LogP contribution in [-0.2, 0) is 22.4 Å². The normalized spacial score (nSPS) is 14.9. The van der Waals surface area contributed by atoms with Crippen molar-refractivity contribution in [3.8, 4) is 5.75 Å². The molecule has 0 radical (unpaired) electrons. The van der Waals surface area contributed by atoms with E-state index in [2.05, 4.69) is 0 Å². The van der Waals surface area contributed by atoms with Crippen molar-refractivity contribution in [1.29, 1.82) is 0 Å². The molecule has 0 aliphatic carbocycles. The van der Waals surface area contributed by atoms with Gasteiger partial charge in [0.1, 0.15) is 11.6 Å². The summed E-state index contributed by atoms with van der Waals surface area (Å²) in [7, 11) is 0. The van der Waals surface area contributed by atoms with Crippen molar-refractivity contribution in [2.24, 2.45) is 0 Å². The van der Waals surface area contributed by atoms with Gasteiger partial charge in [-0.1, -0.05) is 48.0 Å². The Morgan fingerprint density at radius 1 is 1.06 bits per heavy atom. The second-order valence-electron chi connectivity index (χ2n) is 7.90. The molecule has 1 aliphatic heterocycles. The second kappa shape index (κ2) is 10.6. The number of carboxylic acid groups (broad SMARTS) is 1. The smallest absolute Gasteiger partial charge is 0.410 e. The van der Waals surface area contributed by atoms with Crippen molar-refractivity contribution in [3.05, 3.63) is 99.8 Å². The maximum atomic E-state index is 13.9. The van der Waals surface area contributed by atoms with Gasteiger partial charge in [0.25, 0.3) is 0 Å². The lowest BCUT2D eigenvalue weighted by molar-refractivity contribution is -0.139. The zero-order valence-electron chi connectivity index (χ0n) is 18.2. The lowest BCUT2D eigenvalue weighted by atomic mass is 9.88. The molecule has 0 aromatic heterocycles. The van der Waals surface area contributed by atoms with Crippen molar-refractivity contribution in [2.45, 2.75) is 18.9 Å². The summed E-state index contributed by atoms with van der Waals surface area (Å²) in [5.74, 6) is -1.23. The second-order valence-corrected chi connectivity index (χ2v) is 8.34. The number of halogens is 2. The van der Waals surface area contributed by atoms with Gasteiger partial charge in [-0.25, -0.2) is 14.0 Å². The molecule has 1 atom stereocenters. The third-order valence-corrected chi connectivity index (χ3v) is 5.88. The standard InChI is InChI=1S/C26H23ClFNO5/c27-19-6-9-23(34-16-24(30)31)22(15-19)25-21-8-7-20(28)14-18(21)10-12-29(25)26(32)33-13-11-17-4-2-1-3-5-17/h1-9,14-15,25H,10-13,16H2,(H,30,31). The summed E-state index contributed by atoms with van der Waals surface area (Å²) in [6.07, 6.45) is 0.486. The molecule has 3 aromatic rings. The fourth-order valence-corrected chi connectivity index (χ4v) is 4.30. The number of amides is 1. The Balaban J connectivity index is 1.65. The van der Waals surface area contributed by atoms with E-state index in [0.717, 1.165) is 11.1 Å². The molecule has 3 aromatic carbocycles. The third kappa shape index (κ3) is 5.48. The topological polar surface area (TPSA) is 76.1 Å². The first kappa shape index (κ1) is 23.6. The first-order valence-corrected chi connectivity index (χ1v) is 11.2. The van der Waals surface area contributed by atoms with Crippen LogP contribution in [0.25, 0.3) is 0 Å². The SMILES string of the molecule is O=C(O)COc1ccc(Cl)cc1C1c2ccc(F)cc2CCN1C(=O)OCCc1ccccc1. The van der Waals surface area contributed by atoms with Crippen LogP contribution in [0.3, 0.4) is 0 Å². The highest BCUT2D eigenvalue weighted by molar-refractivity contribution is 6.30. The highest BCUT2D eigenvalue weighted by atomic mass is 35.5. The van der Waals surface area contributed by atoms with Crippen molar-refractivity contribution >= 4 is 23.7 Å². The zero-order chi connectivity index (χ0) is 24.1. The molecule has 1 amide bonds. The summed E-state index contributed by atoms with van der Waals surface area (Å²) < 4.78 is 25.0. The van der Waals surface area contributed by atoms with E-state index in [1.807, 2.05) is 30.3 Å². The lowest BCUT2D eigenvalue weighted by Crippen LogP contribution is -2.41. The predicted molar refractivity (Wildman–Crippen MR) is 125 cm³/mol. The van der Waals surface area contributed by atoms with Crippen LogP contribution < -0.4 is 4.74 Å². The Hall–Kier alpha value is -3.58. The van der Waals surface area contributed by atoms with Crippen LogP contribution in [0.4, 0.5) is 9.18 Å². The number of fused-ring (bicyclic) bond motifs is 1. The van der Waals surface area contributed by atoms with E-state index in [-0.39, 0.29) is 24.7 Å². The van der Waals surface area contributed by atoms with Gasteiger partial charge in [0.05, 0.1) is 12.6 Å². The number of nitrogens with zero attached hydrogens (tertiary/aromatic N) is 1. The van der Waals surface area contributed by atoms with Crippen molar-refractivity contribution in [3.63, 3.8) is 0 Å². The van der Waals surface area contributed by atoms with Crippen LogP contribution in [0, 0.1) is 5.82 Å². The summed E-state index contributed by atoms with van der Waals surface area (Å²) in [5, 5.41) is 9.47. The average Bonchev–Trinajstić information content (AvgIpc) is 2.83. The summed E-state index contributed by atoms with van der Waals surface area (Å²) in [6.45, 7) is -0.0738. The van der Waals surface area contributed by atoms with Gasteiger partial charge in [0.15, 0.2) is 6.61 Å². The number of aliphatic carboxylic acids is 1. The molecular weight excluding hydrogens is 461 g/mol. The van der Waals surface area contributed by atoms with E-state index in [1.54, 1.807) is 29.2 Å². The van der Waals surface area contributed by atoms with E-state index in [0.29, 0.717) is 29.0 Å². The predicted octanol–water partition coefficient (Wildman–Crippen LogP) is 5.27. The molecule has 4 rings (SSSR count). The number of carboxylic acids is 1. The monoisotopic (exact) mass is 483 g/mol. The van der Waals surface area contributed by atoms with Gasteiger partial charge in [-0.15, -0.1) is 0 Å². The quantitative estimate of drug-likeness (QED) is 0.495. The van der Waals surface area contributed by atoms with E-state index in [9.17, 15) is 14.0 Å². The Kier molecular flexibility index (Phi) is 7.33. The molecule has 0 bridgehead atoms. The molecule has 8 heteroatoms. The molecule has 1 aliphatic rings. The number of carbonyl (C=O) groups excluding carboxylic acids is 1. The summed E-state index contributed by atoms with van der Waals surface area (Å²) in [5.41, 5.74) is 3.00. The molecular formula is C26H23ClFNO5. The molecule has 0 saturated heterocycles. The van der Waals surface area contributed by atoms with Crippen LogP contribution in [0.1, 0.15) is 28.3 Å². The van der Waals surface area contributed by atoms with Gasteiger partial charge < -0.3 is 14.6 Å². The van der Waals surface area contributed by atoms with Crippen molar-refractivity contribution in [1.82, 2.24) is 4.90 Å². The maximum Gasteiger partial charge on any atom is 0.410 e. The average molecular weight is 484 g/mol. The lowest BCUT2D eigenvalue weighted by Gasteiger charge is -2.37. The van der Waals surface area contributed by atoms with E-state index >= 15 is 0 Å². The Morgan fingerprint density at radius 3 is 2.62 bits per heavy atom. The van der Waals surface area contributed by atoms with Crippen LogP contribution >= 0.6 is 11.6 Å². The molecule has 176 valence electrons. The van der Waals surface area contributed by atoms with Gasteiger partial charge in [0.2, 0.25) is 0 Å². The molecule has 0 fully saturated rings. The van der Waals surface area contributed by atoms with Crippen molar-refractivity contribution < 1.29 is 28.6 Å². The van der Waals surface area contributed by atoms with Crippen LogP contribution in [0.15, 0.2) is 66.7 Å². The minimum Gasteiger partial charge on any atom is -0.482 e. The highest BCUT2D eigenvalue weighted by Crippen LogP contribution is 2.41. The highest BCUT2D eigenvalue weighted by Gasteiger charge is 2.35. The Morgan fingerprint density at radius 2 is 1.85 bits per heavy atom. The van der Waals surface area contributed by atoms with Crippen LogP contribution in [0.5, 0.6) is 5.75 Å². The minimum absolute atomic E-state index is 0.195. The number of carbonyl (C=O) groups is 2.